The Morgan fingerprint density at radius 2 is 2.05 bits per heavy atom. The number of hydrogen-bond acceptors (Lipinski definition) is 2. The van der Waals surface area contributed by atoms with Gasteiger partial charge in [-0.15, -0.1) is 0 Å². The number of carboxylic acids is 1. The number of rotatable bonds is 7. The zero-order valence-electron chi connectivity index (χ0n) is 11.8. The molecule has 1 atom stereocenters. The second-order valence-electron chi connectivity index (χ2n) is 5.62. The van der Waals surface area contributed by atoms with E-state index in [-0.39, 0.29) is 6.04 Å². The average Bonchev–Trinajstić information content (AvgIpc) is 2.38. The zero-order chi connectivity index (χ0) is 14.5. The van der Waals surface area contributed by atoms with Gasteiger partial charge in [-0.3, -0.25) is 4.79 Å². The first kappa shape index (κ1) is 15.5. The summed E-state index contributed by atoms with van der Waals surface area (Å²) in [6, 6.07) is 8.40. The largest absolute Gasteiger partial charge is 0.480 e. The van der Waals surface area contributed by atoms with Crippen molar-refractivity contribution in [1.82, 2.24) is 5.32 Å². The van der Waals surface area contributed by atoms with E-state index in [2.05, 4.69) is 52.4 Å². The van der Waals surface area contributed by atoms with Crippen molar-refractivity contribution >= 4 is 21.9 Å². The van der Waals surface area contributed by atoms with Crippen molar-refractivity contribution < 1.29 is 9.90 Å². The molecule has 0 amide bonds. The number of benzene rings is 1. The van der Waals surface area contributed by atoms with Gasteiger partial charge >= 0.3 is 5.97 Å². The molecule has 0 heterocycles. The van der Waals surface area contributed by atoms with Gasteiger partial charge in [0.1, 0.15) is 6.04 Å². The molecule has 1 aromatic rings. The summed E-state index contributed by atoms with van der Waals surface area (Å²) >= 11 is 3.44. The minimum Gasteiger partial charge on any atom is -0.480 e. The molecule has 1 aliphatic carbocycles. The second kappa shape index (κ2) is 7.23. The Morgan fingerprint density at radius 3 is 2.60 bits per heavy atom. The van der Waals surface area contributed by atoms with Crippen molar-refractivity contribution in [2.45, 2.75) is 57.0 Å². The molecule has 1 aliphatic rings. The standard InChI is InChI=1S/C16H22BrNO2/c1-2-3-4-15(16(19)20)18-14-9-12(10-14)11-5-7-13(17)8-6-11/h5-8,12,14-15,18H,2-4,9-10H2,1H3,(H,19,20). The van der Waals surface area contributed by atoms with Crippen LogP contribution in [0.2, 0.25) is 0 Å². The molecule has 3 nitrogen and oxygen atoms in total. The number of halogens is 1. The molecule has 0 saturated heterocycles. The third-order valence-electron chi connectivity index (χ3n) is 4.06. The summed E-state index contributed by atoms with van der Waals surface area (Å²) in [6.07, 6.45) is 4.81. The van der Waals surface area contributed by atoms with Gasteiger partial charge in [-0.05, 0) is 42.9 Å². The van der Waals surface area contributed by atoms with Crippen molar-refractivity contribution in [2.75, 3.05) is 0 Å². The predicted octanol–water partition coefficient (Wildman–Crippen LogP) is 3.93. The van der Waals surface area contributed by atoms with E-state index in [9.17, 15) is 9.90 Å². The van der Waals surface area contributed by atoms with Crippen LogP contribution in [0.5, 0.6) is 0 Å². The van der Waals surface area contributed by atoms with Crippen molar-refractivity contribution in [3.63, 3.8) is 0 Å². The van der Waals surface area contributed by atoms with Crippen LogP contribution < -0.4 is 5.32 Å². The van der Waals surface area contributed by atoms with E-state index < -0.39 is 5.97 Å². The van der Waals surface area contributed by atoms with Gasteiger partial charge in [-0.2, -0.15) is 0 Å². The summed E-state index contributed by atoms with van der Waals surface area (Å²) in [4.78, 5) is 11.2. The molecular formula is C16H22BrNO2. The summed E-state index contributed by atoms with van der Waals surface area (Å²) in [5.41, 5.74) is 1.35. The molecule has 20 heavy (non-hydrogen) atoms. The molecular weight excluding hydrogens is 318 g/mol. The molecule has 0 radical (unpaired) electrons. The van der Waals surface area contributed by atoms with E-state index >= 15 is 0 Å². The first-order chi connectivity index (χ1) is 9.60. The Labute approximate surface area is 128 Å². The molecule has 1 unspecified atom stereocenters. The maximum Gasteiger partial charge on any atom is 0.320 e. The van der Waals surface area contributed by atoms with Gasteiger partial charge in [-0.25, -0.2) is 0 Å². The fourth-order valence-corrected chi connectivity index (χ4v) is 3.00. The van der Waals surface area contributed by atoms with E-state index in [1.54, 1.807) is 0 Å². The molecule has 2 N–H and O–H groups in total. The van der Waals surface area contributed by atoms with Crippen molar-refractivity contribution in [3.05, 3.63) is 34.3 Å². The lowest BCUT2D eigenvalue weighted by atomic mass is 9.75. The highest BCUT2D eigenvalue weighted by Crippen LogP contribution is 2.37. The van der Waals surface area contributed by atoms with Crippen LogP contribution in [-0.2, 0) is 4.79 Å². The average molecular weight is 340 g/mol. The van der Waals surface area contributed by atoms with Crippen LogP contribution in [0, 0.1) is 0 Å². The molecule has 1 saturated carbocycles. The molecule has 0 aromatic heterocycles. The summed E-state index contributed by atoms with van der Waals surface area (Å²) in [6.45, 7) is 2.09. The second-order valence-corrected chi connectivity index (χ2v) is 6.53. The molecule has 1 fully saturated rings. The van der Waals surface area contributed by atoms with Gasteiger partial charge in [0.15, 0.2) is 0 Å². The van der Waals surface area contributed by atoms with Crippen molar-refractivity contribution in [2.24, 2.45) is 0 Å². The summed E-state index contributed by atoms with van der Waals surface area (Å²) in [5.74, 6) is -0.147. The molecule has 0 bridgehead atoms. The summed E-state index contributed by atoms with van der Waals surface area (Å²) in [5, 5.41) is 12.5. The van der Waals surface area contributed by atoms with Crippen molar-refractivity contribution in [1.29, 1.82) is 0 Å². The predicted molar refractivity (Wildman–Crippen MR) is 84.0 cm³/mol. The number of unbranched alkanes of at least 4 members (excludes halogenated alkanes) is 1. The first-order valence-corrected chi connectivity index (χ1v) is 8.13. The highest BCUT2D eigenvalue weighted by Gasteiger charge is 2.32. The summed E-state index contributed by atoms with van der Waals surface area (Å²) in [7, 11) is 0. The Balaban J connectivity index is 1.80. The van der Waals surface area contributed by atoms with E-state index in [0.717, 1.165) is 36.6 Å². The third-order valence-corrected chi connectivity index (χ3v) is 4.59. The zero-order valence-corrected chi connectivity index (χ0v) is 13.4. The normalized spacial score (nSPS) is 23.1. The highest BCUT2D eigenvalue weighted by molar-refractivity contribution is 9.10. The van der Waals surface area contributed by atoms with E-state index in [4.69, 9.17) is 0 Å². The number of carbonyl (C=O) groups is 1. The first-order valence-electron chi connectivity index (χ1n) is 7.34. The number of carboxylic acid groups (broad SMARTS) is 1. The lowest BCUT2D eigenvalue weighted by Crippen LogP contribution is -2.48. The lowest BCUT2D eigenvalue weighted by Gasteiger charge is -2.38. The van der Waals surface area contributed by atoms with Crippen LogP contribution in [-0.4, -0.2) is 23.2 Å². The molecule has 0 aliphatic heterocycles. The fraction of sp³-hybridized carbons (Fsp3) is 0.562. The smallest absolute Gasteiger partial charge is 0.320 e. The van der Waals surface area contributed by atoms with E-state index in [1.807, 2.05) is 0 Å². The van der Waals surface area contributed by atoms with E-state index in [1.165, 1.54) is 5.56 Å². The maximum absolute atomic E-state index is 11.2. The Morgan fingerprint density at radius 1 is 1.40 bits per heavy atom. The minimum atomic E-state index is -0.717. The highest BCUT2D eigenvalue weighted by atomic mass is 79.9. The molecule has 2 rings (SSSR count). The Hall–Kier alpha value is -0.870. The number of hydrogen-bond donors (Lipinski definition) is 2. The molecule has 110 valence electrons. The topological polar surface area (TPSA) is 49.3 Å². The summed E-state index contributed by atoms with van der Waals surface area (Å²) < 4.78 is 1.10. The van der Waals surface area contributed by atoms with Gasteiger partial charge < -0.3 is 10.4 Å². The van der Waals surface area contributed by atoms with E-state index in [0.29, 0.717) is 12.0 Å². The van der Waals surface area contributed by atoms with Gasteiger partial charge in [0, 0.05) is 10.5 Å². The quantitative estimate of drug-likeness (QED) is 0.791. The Bertz CT molecular complexity index is 440. The minimum absolute atomic E-state index is 0.349. The van der Waals surface area contributed by atoms with Gasteiger partial charge in [0.25, 0.3) is 0 Å². The van der Waals surface area contributed by atoms with Crippen LogP contribution in [0.25, 0.3) is 0 Å². The maximum atomic E-state index is 11.2. The van der Waals surface area contributed by atoms with Crippen LogP contribution in [0.1, 0.15) is 50.5 Å². The number of aliphatic carboxylic acids is 1. The fourth-order valence-electron chi connectivity index (χ4n) is 2.73. The third kappa shape index (κ3) is 4.06. The monoisotopic (exact) mass is 339 g/mol. The van der Waals surface area contributed by atoms with Crippen LogP contribution in [0.3, 0.4) is 0 Å². The molecule has 1 aromatic carbocycles. The molecule has 4 heteroatoms. The van der Waals surface area contributed by atoms with Gasteiger partial charge in [0.2, 0.25) is 0 Å². The number of nitrogens with one attached hydrogen (secondary N) is 1. The van der Waals surface area contributed by atoms with Crippen molar-refractivity contribution in [3.8, 4) is 0 Å². The SMILES string of the molecule is CCCCC(NC1CC(c2ccc(Br)cc2)C1)C(=O)O. The van der Waals surface area contributed by atoms with Crippen LogP contribution in [0.15, 0.2) is 28.7 Å². The van der Waals surface area contributed by atoms with Crippen LogP contribution in [0.4, 0.5) is 0 Å². The lowest BCUT2D eigenvalue weighted by molar-refractivity contribution is -0.140. The van der Waals surface area contributed by atoms with Gasteiger partial charge in [-0.1, -0.05) is 47.8 Å². The van der Waals surface area contributed by atoms with Crippen LogP contribution >= 0.6 is 15.9 Å². The van der Waals surface area contributed by atoms with Gasteiger partial charge in [0.05, 0.1) is 0 Å². The Kier molecular flexibility index (Phi) is 5.61. The molecule has 0 spiro atoms.